The smallest absolute Gasteiger partial charge is 0.184 e. The van der Waals surface area contributed by atoms with Gasteiger partial charge in [-0.3, -0.25) is 4.79 Å². The summed E-state index contributed by atoms with van der Waals surface area (Å²) in [7, 11) is 0. The fraction of sp³-hybridized carbons (Fsp3) is 0.538. The first-order valence-electron chi connectivity index (χ1n) is 5.87. The number of ketones is 1. The molecule has 2 aliphatic rings. The van der Waals surface area contributed by atoms with Crippen LogP contribution >= 0.6 is 0 Å². The van der Waals surface area contributed by atoms with Crippen LogP contribution in [0.25, 0.3) is 0 Å². The molecule has 2 aliphatic carbocycles. The van der Waals surface area contributed by atoms with Crippen molar-refractivity contribution in [3.05, 3.63) is 29.1 Å². The first-order valence-corrected chi connectivity index (χ1v) is 5.87. The quantitative estimate of drug-likeness (QED) is 0.688. The second-order valence-electron chi connectivity index (χ2n) is 4.65. The van der Waals surface area contributed by atoms with Crippen LogP contribution in [0, 0.1) is 5.92 Å². The zero-order valence-electron chi connectivity index (χ0n) is 8.83. The molecule has 1 fully saturated rings. The Bertz CT molecular complexity index is 407. The lowest BCUT2D eigenvalue weighted by molar-refractivity contribution is 0.0962. The molecule has 0 saturated heterocycles. The van der Waals surface area contributed by atoms with Crippen molar-refractivity contribution in [1.82, 2.24) is 4.98 Å². The van der Waals surface area contributed by atoms with Gasteiger partial charge < -0.3 is 0 Å². The molecule has 0 radical (unpaired) electrons. The van der Waals surface area contributed by atoms with Crippen molar-refractivity contribution in [2.45, 2.75) is 38.5 Å². The van der Waals surface area contributed by atoms with Crippen LogP contribution in [0.4, 0.5) is 0 Å². The first kappa shape index (κ1) is 9.08. The number of aryl methyl sites for hydroxylation is 2. The van der Waals surface area contributed by atoms with Crippen molar-refractivity contribution in [3.63, 3.8) is 0 Å². The maximum absolute atomic E-state index is 11.8. The summed E-state index contributed by atoms with van der Waals surface area (Å²) in [4.78, 5) is 16.4. The van der Waals surface area contributed by atoms with Gasteiger partial charge in [0, 0.05) is 11.6 Å². The van der Waals surface area contributed by atoms with E-state index in [1.807, 2.05) is 6.07 Å². The highest BCUT2D eigenvalue weighted by atomic mass is 16.1. The van der Waals surface area contributed by atoms with E-state index in [-0.39, 0.29) is 5.78 Å². The van der Waals surface area contributed by atoms with Crippen molar-refractivity contribution in [2.24, 2.45) is 5.92 Å². The Hall–Kier alpha value is -1.18. The highest BCUT2D eigenvalue weighted by Crippen LogP contribution is 2.32. The molecule has 1 heterocycles. The van der Waals surface area contributed by atoms with E-state index in [2.05, 4.69) is 11.1 Å². The highest BCUT2D eigenvalue weighted by Gasteiger charge is 2.31. The number of hydrogen-bond donors (Lipinski definition) is 0. The summed E-state index contributed by atoms with van der Waals surface area (Å²) in [5.41, 5.74) is 3.24. The number of fused-ring (bicyclic) bond motifs is 1. The van der Waals surface area contributed by atoms with Crippen molar-refractivity contribution in [2.75, 3.05) is 0 Å². The Balaban J connectivity index is 1.92. The minimum absolute atomic E-state index is 0.267. The Kier molecular flexibility index (Phi) is 2.08. The summed E-state index contributed by atoms with van der Waals surface area (Å²) >= 11 is 0. The average Bonchev–Trinajstić information content (AvgIpc) is 3.11. The summed E-state index contributed by atoms with van der Waals surface area (Å²) in [6.45, 7) is 0. The maximum atomic E-state index is 11.8. The first-order chi connectivity index (χ1) is 7.34. The normalized spacial score (nSPS) is 19.7. The van der Waals surface area contributed by atoms with E-state index in [0.717, 1.165) is 25.7 Å². The number of carbonyl (C=O) groups is 1. The molecule has 3 rings (SSSR count). The zero-order chi connectivity index (χ0) is 10.3. The summed E-state index contributed by atoms with van der Waals surface area (Å²) < 4.78 is 0. The van der Waals surface area contributed by atoms with Crippen molar-refractivity contribution < 1.29 is 4.79 Å². The standard InChI is InChI=1S/C13H15NO/c15-13(10-5-6-10)12-8-7-9-3-1-2-4-11(9)14-12/h7-8,10H,1-6H2. The van der Waals surface area contributed by atoms with Gasteiger partial charge in [0.25, 0.3) is 0 Å². The molecule has 2 heteroatoms. The Morgan fingerprint density at radius 3 is 2.80 bits per heavy atom. The van der Waals surface area contributed by atoms with Gasteiger partial charge in [0.05, 0.1) is 0 Å². The minimum atomic E-state index is 0.267. The number of nitrogens with zero attached hydrogens (tertiary/aromatic N) is 1. The van der Waals surface area contributed by atoms with Gasteiger partial charge in [-0.2, -0.15) is 0 Å². The molecule has 0 amide bonds. The number of pyridine rings is 1. The van der Waals surface area contributed by atoms with Gasteiger partial charge in [-0.1, -0.05) is 6.07 Å². The van der Waals surface area contributed by atoms with E-state index in [4.69, 9.17) is 0 Å². The lowest BCUT2D eigenvalue weighted by atomic mass is 9.95. The van der Waals surface area contributed by atoms with E-state index in [9.17, 15) is 4.79 Å². The van der Waals surface area contributed by atoms with Gasteiger partial charge in [0.15, 0.2) is 5.78 Å². The molecule has 0 unspecified atom stereocenters. The third-order valence-corrected chi connectivity index (χ3v) is 3.38. The zero-order valence-corrected chi connectivity index (χ0v) is 8.83. The van der Waals surface area contributed by atoms with Crippen LogP contribution in [0.15, 0.2) is 12.1 Å². The monoisotopic (exact) mass is 201 g/mol. The number of carbonyl (C=O) groups excluding carboxylic acids is 1. The van der Waals surface area contributed by atoms with Gasteiger partial charge in [0.2, 0.25) is 0 Å². The third kappa shape index (κ3) is 1.69. The lowest BCUT2D eigenvalue weighted by Crippen LogP contribution is -2.11. The van der Waals surface area contributed by atoms with E-state index in [0.29, 0.717) is 11.6 Å². The largest absolute Gasteiger partial charge is 0.292 e. The summed E-state index contributed by atoms with van der Waals surface area (Å²) in [6.07, 6.45) is 6.82. The van der Waals surface area contributed by atoms with Crippen LogP contribution < -0.4 is 0 Å². The van der Waals surface area contributed by atoms with Gasteiger partial charge in [-0.15, -0.1) is 0 Å². The Labute approximate surface area is 89.7 Å². The van der Waals surface area contributed by atoms with E-state index in [1.54, 1.807) is 0 Å². The number of aromatic nitrogens is 1. The van der Waals surface area contributed by atoms with Crippen molar-refractivity contribution in [3.8, 4) is 0 Å². The Morgan fingerprint density at radius 1 is 1.20 bits per heavy atom. The molecule has 0 spiro atoms. The van der Waals surface area contributed by atoms with Gasteiger partial charge in [-0.05, 0) is 50.2 Å². The topological polar surface area (TPSA) is 30.0 Å². The van der Waals surface area contributed by atoms with Gasteiger partial charge in [-0.25, -0.2) is 4.98 Å². The number of rotatable bonds is 2. The molecule has 0 bridgehead atoms. The van der Waals surface area contributed by atoms with Crippen LogP contribution in [-0.4, -0.2) is 10.8 Å². The van der Waals surface area contributed by atoms with Crippen molar-refractivity contribution >= 4 is 5.78 Å². The third-order valence-electron chi connectivity index (χ3n) is 3.38. The molecule has 0 aromatic carbocycles. The Morgan fingerprint density at radius 2 is 2.00 bits per heavy atom. The maximum Gasteiger partial charge on any atom is 0.184 e. The van der Waals surface area contributed by atoms with E-state index in [1.165, 1.54) is 24.1 Å². The predicted molar refractivity (Wildman–Crippen MR) is 57.9 cm³/mol. The highest BCUT2D eigenvalue weighted by molar-refractivity contribution is 5.97. The molecule has 0 aliphatic heterocycles. The van der Waals surface area contributed by atoms with Crippen LogP contribution in [0.5, 0.6) is 0 Å². The summed E-state index contributed by atoms with van der Waals surface area (Å²) in [6, 6.07) is 4.03. The molecule has 0 atom stereocenters. The van der Waals surface area contributed by atoms with Crippen molar-refractivity contribution in [1.29, 1.82) is 0 Å². The minimum Gasteiger partial charge on any atom is -0.292 e. The summed E-state index contributed by atoms with van der Waals surface area (Å²) in [5.74, 6) is 0.558. The fourth-order valence-electron chi connectivity index (χ4n) is 2.27. The summed E-state index contributed by atoms with van der Waals surface area (Å²) in [5, 5.41) is 0. The number of Topliss-reactive ketones (excluding diaryl/α,β-unsaturated/α-hetero) is 1. The van der Waals surface area contributed by atoms with E-state index >= 15 is 0 Å². The van der Waals surface area contributed by atoms with Crippen LogP contribution in [-0.2, 0) is 12.8 Å². The molecule has 0 N–H and O–H groups in total. The molecular weight excluding hydrogens is 186 g/mol. The second-order valence-corrected chi connectivity index (χ2v) is 4.65. The van der Waals surface area contributed by atoms with Crippen LogP contribution in [0.3, 0.4) is 0 Å². The van der Waals surface area contributed by atoms with E-state index < -0.39 is 0 Å². The molecule has 1 saturated carbocycles. The average molecular weight is 201 g/mol. The molecule has 1 aromatic rings. The fourth-order valence-corrected chi connectivity index (χ4v) is 2.27. The van der Waals surface area contributed by atoms with Crippen LogP contribution in [0.2, 0.25) is 0 Å². The molecule has 2 nitrogen and oxygen atoms in total. The van der Waals surface area contributed by atoms with Gasteiger partial charge >= 0.3 is 0 Å². The van der Waals surface area contributed by atoms with Crippen LogP contribution in [0.1, 0.15) is 47.4 Å². The predicted octanol–water partition coefficient (Wildman–Crippen LogP) is 2.55. The lowest BCUT2D eigenvalue weighted by Gasteiger charge is -2.14. The SMILES string of the molecule is O=C(c1ccc2c(n1)CCCC2)C1CC1. The molecule has 15 heavy (non-hydrogen) atoms. The van der Waals surface area contributed by atoms with Gasteiger partial charge in [0.1, 0.15) is 5.69 Å². The molecule has 1 aromatic heterocycles. The second kappa shape index (κ2) is 3.44. The molecule has 78 valence electrons. The molecular formula is C13H15NO. The number of hydrogen-bond acceptors (Lipinski definition) is 2.